The molecule has 0 unspecified atom stereocenters. The molecule has 3 rings (SSSR count). The SMILES string of the molecule is Nc1cccc2c(OSNC3CCNCC3)cccc12. The van der Waals surface area contributed by atoms with Gasteiger partial charge < -0.3 is 15.2 Å². The van der Waals surface area contributed by atoms with Crippen LogP contribution >= 0.6 is 12.2 Å². The van der Waals surface area contributed by atoms with E-state index in [0.29, 0.717) is 6.04 Å². The largest absolute Gasteiger partial charge is 0.409 e. The zero-order valence-corrected chi connectivity index (χ0v) is 12.1. The minimum Gasteiger partial charge on any atom is -0.409 e. The highest BCUT2D eigenvalue weighted by atomic mass is 32.2. The van der Waals surface area contributed by atoms with E-state index in [0.717, 1.165) is 48.1 Å². The van der Waals surface area contributed by atoms with Crippen molar-refractivity contribution in [2.75, 3.05) is 18.8 Å². The molecule has 0 saturated carbocycles. The van der Waals surface area contributed by atoms with Gasteiger partial charge in [0.25, 0.3) is 0 Å². The fraction of sp³-hybridized carbons (Fsp3) is 0.333. The fourth-order valence-corrected chi connectivity index (χ4v) is 3.11. The van der Waals surface area contributed by atoms with Gasteiger partial charge >= 0.3 is 0 Å². The Bertz CT molecular complexity index is 584. The third kappa shape index (κ3) is 3.00. The van der Waals surface area contributed by atoms with Crippen molar-refractivity contribution in [2.45, 2.75) is 18.9 Å². The van der Waals surface area contributed by atoms with Crippen molar-refractivity contribution in [2.24, 2.45) is 0 Å². The second-order valence-corrected chi connectivity index (χ2v) is 5.58. The molecule has 0 radical (unpaired) electrons. The molecule has 5 heteroatoms. The quantitative estimate of drug-likeness (QED) is 0.459. The number of fused-ring (bicyclic) bond motifs is 1. The van der Waals surface area contributed by atoms with E-state index in [2.05, 4.69) is 10.0 Å². The number of anilines is 1. The molecule has 2 aromatic carbocycles. The summed E-state index contributed by atoms with van der Waals surface area (Å²) in [6, 6.07) is 12.4. The van der Waals surface area contributed by atoms with Gasteiger partial charge in [0.05, 0.1) is 0 Å². The van der Waals surface area contributed by atoms with Gasteiger partial charge in [0.15, 0.2) is 0 Å². The fourth-order valence-electron chi connectivity index (χ4n) is 2.45. The molecule has 2 aromatic rings. The molecule has 0 spiro atoms. The summed E-state index contributed by atoms with van der Waals surface area (Å²) >= 11 is 1.31. The maximum atomic E-state index is 5.99. The molecule has 1 aliphatic rings. The molecule has 0 bridgehead atoms. The Morgan fingerprint density at radius 2 is 1.85 bits per heavy atom. The second-order valence-electron chi connectivity index (χ2n) is 5.01. The van der Waals surface area contributed by atoms with Crippen LogP contribution in [0.15, 0.2) is 36.4 Å². The normalized spacial score (nSPS) is 16.4. The Labute approximate surface area is 123 Å². The summed E-state index contributed by atoms with van der Waals surface area (Å²) in [6.45, 7) is 2.14. The first kappa shape index (κ1) is 13.5. The van der Waals surface area contributed by atoms with Crippen LogP contribution in [0.2, 0.25) is 0 Å². The highest BCUT2D eigenvalue weighted by Crippen LogP contribution is 2.30. The van der Waals surface area contributed by atoms with E-state index in [9.17, 15) is 0 Å². The minimum atomic E-state index is 0.515. The highest BCUT2D eigenvalue weighted by molar-refractivity contribution is 7.93. The van der Waals surface area contributed by atoms with Crippen LogP contribution in [0.25, 0.3) is 10.8 Å². The topological polar surface area (TPSA) is 59.3 Å². The maximum absolute atomic E-state index is 5.99. The summed E-state index contributed by atoms with van der Waals surface area (Å²) in [5.74, 6) is 0.848. The maximum Gasteiger partial charge on any atom is 0.147 e. The van der Waals surface area contributed by atoms with E-state index in [1.54, 1.807) is 0 Å². The van der Waals surface area contributed by atoms with E-state index in [-0.39, 0.29) is 0 Å². The summed E-state index contributed by atoms with van der Waals surface area (Å²) in [7, 11) is 0. The van der Waals surface area contributed by atoms with Crippen LogP contribution in [0, 0.1) is 0 Å². The number of piperidine rings is 1. The van der Waals surface area contributed by atoms with Gasteiger partial charge in [-0.25, -0.2) is 4.72 Å². The van der Waals surface area contributed by atoms with Gasteiger partial charge in [-0.15, -0.1) is 0 Å². The highest BCUT2D eigenvalue weighted by Gasteiger charge is 2.13. The molecule has 4 nitrogen and oxygen atoms in total. The lowest BCUT2D eigenvalue weighted by Gasteiger charge is -2.22. The van der Waals surface area contributed by atoms with Crippen LogP contribution in [0.3, 0.4) is 0 Å². The standard InChI is InChI=1S/C15H19N3OS/c16-14-5-1-4-13-12(14)3-2-6-15(13)19-20-18-11-7-9-17-10-8-11/h1-6,11,17-18H,7-10,16H2. The van der Waals surface area contributed by atoms with Gasteiger partial charge in [-0.2, -0.15) is 0 Å². The van der Waals surface area contributed by atoms with E-state index >= 15 is 0 Å². The average Bonchev–Trinajstić information content (AvgIpc) is 2.49. The Morgan fingerprint density at radius 1 is 1.10 bits per heavy atom. The van der Waals surface area contributed by atoms with Crippen LogP contribution in [0.5, 0.6) is 5.75 Å². The minimum absolute atomic E-state index is 0.515. The molecule has 20 heavy (non-hydrogen) atoms. The van der Waals surface area contributed by atoms with Gasteiger partial charge in [0.1, 0.15) is 18.0 Å². The van der Waals surface area contributed by atoms with Crippen LogP contribution in [0.1, 0.15) is 12.8 Å². The summed E-state index contributed by atoms with van der Waals surface area (Å²) in [5, 5.41) is 5.43. The van der Waals surface area contributed by atoms with E-state index in [4.69, 9.17) is 9.92 Å². The Hall–Kier alpha value is -1.43. The molecule has 1 fully saturated rings. The number of nitrogen functional groups attached to an aromatic ring is 1. The van der Waals surface area contributed by atoms with Crippen molar-refractivity contribution in [3.63, 3.8) is 0 Å². The average molecular weight is 289 g/mol. The molecule has 1 heterocycles. The van der Waals surface area contributed by atoms with Gasteiger partial charge in [-0.1, -0.05) is 24.3 Å². The van der Waals surface area contributed by atoms with Crippen molar-refractivity contribution in [1.82, 2.24) is 10.0 Å². The van der Waals surface area contributed by atoms with Gasteiger partial charge in [0.2, 0.25) is 0 Å². The summed E-state index contributed by atoms with van der Waals surface area (Å²) in [4.78, 5) is 0. The molecule has 4 N–H and O–H groups in total. The molecular weight excluding hydrogens is 270 g/mol. The van der Waals surface area contributed by atoms with Crippen molar-refractivity contribution < 1.29 is 4.18 Å². The zero-order chi connectivity index (χ0) is 13.8. The number of hydrogen-bond donors (Lipinski definition) is 3. The Kier molecular flexibility index (Phi) is 4.30. The predicted octanol–water partition coefficient (Wildman–Crippen LogP) is 2.71. The predicted molar refractivity (Wildman–Crippen MR) is 85.6 cm³/mol. The molecule has 0 amide bonds. The van der Waals surface area contributed by atoms with Crippen molar-refractivity contribution in [1.29, 1.82) is 0 Å². The van der Waals surface area contributed by atoms with E-state index < -0.39 is 0 Å². The zero-order valence-electron chi connectivity index (χ0n) is 11.3. The number of rotatable bonds is 4. The third-order valence-corrected chi connectivity index (χ3v) is 4.29. The van der Waals surface area contributed by atoms with Crippen LogP contribution in [-0.4, -0.2) is 19.1 Å². The van der Waals surface area contributed by atoms with Crippen LogP contribution in [-0.2, 0) is 0 Å². The van der Waals surface area contributed by atoms with Crippen LogP contribution in [0.4, 0.5) is 5.69 Å². The lowest BCUT2D eigenvalue weighted by Crippen LogP contribution is -2.37. The first-order valence-corrected chi connectivity index (χ1v) is 7.66. The van der Waals surface area contributed by atoms with Crippen molar-refractivity contribution >= 4 is 28.7 Å². The van der Waals surface area contributed by atoms with Gasteiger partial charge in [-0.3, -0.25) is 0 Å². The number of nitrogens with two attached hydrogens (primary N) is 1. The first-order valence-electron chi connectivity index (χ1n) is 6.91. The summed E-state index contributed by atoms with van der Waals surface area (Å²) in [5.41, 5.74) is 6.77. The monoisotopic (exact) mass is 289 g/mol. The molecule has 0 atom stereocenters. The van der Waals surface area contributed by atoms with E-state index in [1.165, 1.54) is 12.2 Å². The summed E-state index contributed by atoms with van der Waals surface area (Å²) < 4.78 is 9.18. The molecular formula is C15H19N3OS. The van der Waals surface area contributed by atoms with E-state index in [1.807, 2.05) is 36.4 Å². The molecule has 106 valence electrons. The third-order valence-electron chi connectivity index (χ3n) is 3.60. The van der Waals surface area contributed by atoms with Crippen LogP contribution < -0.4 is 20.0 Å². The molecule has 1 saturated heterocycles. The Balaban J connectivity index is 1.66. The number of nitrogens with one attached hydrogen (secondary N) is 2. The molecule has 1 aliphatic heterocycles. The summed E-state index contributed by atoms with van der Waals surface area (Å²) in [6.07, 6.45) is 2.28. The lowest BCUT2D eigenvalue weighted by molar-refractivity contribution is 0.434. The second kappa shape index (κ2) is 6.35. The lowest BCUT2D eigenvalue weighted by atomic mass is 10.1. The van der Waals surface area contributed by atoms with Gasteiger partial charge in [-0.05, 0) is 38.1 Å². The molecule has 0 aromatic heterocycles. The molecule has 0 aliphatic carbocycles. The Morgan fingerprint density at radius 3 is 2.70 bits per heavy atom. The smallest absolute Gasteiger partial charge is 0.147 e. The number of benzene rings is 2. The number of hydrogen-bond acceptors (Lipinski definition) is 5. The van der Waals surface area contributed by atoms with Crippen molar-refractivity contribution in [3.8, 4) is 5.75 Å². The first-order chi connectivity index (χ1) is 9.84. The van der Waals surface area contributed by atoms with Gasteiger partial charge in [0, 0.05) is 22.5 Å². The van der Waals surface area contributed by atoms with Crippen molar-refractivity contribution in [3.05, 3.63) is 36.4 Å².